The van der Waals surface area contributed by atoms with Crippen LogP contribution in [0.3, 0.4) is 0 Å². The Balaban J connectivity index is 1.81. The number of carbonyl (C=O) groups is 2. The highest BCUT2D eigenvalue weighted by Gasteiger charge is 2.35. The Morgan fingerprint density at radius 2 is 1.43 bits per heavy atom. The molecule has 4 rings (SSSR count). The quantitative estimate of drug-likeness (QED) is 0.131. The van der Waals surface area contributed by atoms with E-state index in [1.165, 1.54) is 37.3 Å². The molecule has 1 N–H and O–H groups in total. The number of methoxy groups -OCH3 is 2. The Labute approximate surface area is 289 Å². The second-order valence-corrected chi connectivity index (χ2v) is 13.2. The first kappa shape index (κ1) is 36.8. The molecule has 4 aromatic rings. The van der Waals surface area contributed by atoms with Gasteiger partial charge in [0.25, 0.3) is 10.0 Å². The highest BCUT2D eigenvalue weighted by molar-refractivity contribution is 7.92. The minimum Gasteiger partial charge on any atom is -0.494 e. The fourth-order valence-electron chi connectivity index (χ4n) is 5.35. The minimum atomic E-state index is -4.35. The van der Waals surface area contributed by atoms with Crippen molar-refractivity contribution in [3.05, 3.63) is 114 Å². The molecule has 0 saturated carbocycles. The van der Waals surface area contributed by atoms with E-state index in [-0.39, 0.29) is 35.2 Å². The summed E-state index contributed by atoms with van der Waals surface area (Å²) in [5, 5.41) is 3.00. The van der Waals surface area contributed by atoms with Gasteiger partial charge in [-0.3, -0.25) is 13.9 Å². The highest BCUT2D eigenvalue weighted by atomic mass is 32.2. The van der Waals surface area contributed by atoms with Crippen molar-refractivity contribution in [1.29, 1.82) is 0 Å². The molecule has 0 saturated heterocycles. The van der Waals surface area contributed by atoms with Crippen LogP contribution in [0.5, 0.6) is 17.2 Å². The summed E-state index contributed by atoms with van der Waals surface area (Å²) in [5.41, 5.74) is 1.91. The molecule has 0 aliphatic rings. The maximum absolute atomic E-state index is 14.6. The second-order valence-electron chi connectivity index (χ2n) is 11.3. The van der Waals surface area contributed by atoms with Crippen LogP contribution in [-0.4, -0.2) is 65.1 Å². The molecule has 0 spiro atoms. The lowest BCUT2D eigenvalue weighted by atomic mass is 10.0. The van der Waals surface area contributed by atoms with Gasteiger partial charge in [-0.05, 0) is 60.9 Å². The second kappa shape index (κ2) is 17.9. The molecule has 0 fully saturated rings. The smallest absolute Gasteiger partial charge is 0.264 e. The average Bonchev–Trinajstić information content (AvgIpc) is 3.13. The van der Waals surface area contributed by atoms with Crippen LogP contribution in [0.15, 0.2) is 108 Å². The van der Waals surface area contributed by atoms with E-state index in [9.17, 15) is 18.0 Å². The zero-order chi connectivity index (χ0) is 35.2. The number of anilines is 1. The predicted octanol–water partition coefficient (Wildman–Crippen LogP) is 5.85. The summed E-state index contributed by atoms with van der Waals surface area (Å²) in [6, 6.07) is 28.7. The third-order valence-electron chi connectivity index (χ3n) is 7.95. The number of rotatable bonds is 18. The fourth-order valence-corrected chi connectivity index (χ4v) is 6.78. The lowest BCUT2D eigenvalue weighted by Crippen LogP contribution is -2.53. The minimum absolute atomic E-state index is 0.0892. The van der Waals surface area contributed by atoms with Gasteiger partial charge in [0.15, 0.2) is 11.5 Å². The van der Waals surface area contributed by atoms with Gasteiger partial charge in [0.2, 0.25) is 11.8 Å². The van der Waals surface area contributed by atoms with Gasteiger partial charge in [-0.25, -0.2) is 8.42 Å². The molecular weight excluding hydrogens is 642 g/mol. The summed E-state index contributed by atoms with van der Waals surface area (Å²) >= 11 is 0. The highest BCUT2D eigenvalue weighted by Crippen LogP contribution is 2.33. The van der Waals surface area contributed by atoms with Gasteiger partial charge in [0, 0.05) is 25.6 Å². The molecule has 260 valence electrons. The molecule has 0 radical (unpaired) electrons. The molecule has 11 heteroatoms. The van der Waals surface area contributed by atoms with Crippen molar-refractivity contribution in [3.8, 4) is 17.2 Å². The Hall–Kier alpha value is -5.03. The van der Waals surface area contributed by atoms with E-state index in [0.29, 0.717) is 24.7 Å². The molecule has 1 atom stereocenters. The number of benzene rings is 4. The number of unbranched alkanes of at least 4 members (excludes halogenated alkanes) is 1. The number of hydrogen-bond donors (Lipinski definition) is 1. The number of nitrogens with one attached hydrogen (secondary N) is 1. The van der Waals surface area contributed by atoms with Crippen molar-refractivity contribution >= 4 is 27.5 Å². The lowest BCUT2D eigenvalue weighted by molar-refractivity contribution is -0.140. The van der Waals surface area contributed by atoms with Crippen LogP contribution in [0.1, 0.15) is 37.8 Å². The van der Waals surface area contributed by atoms with E-state index in [2.05, 4.69) is 5.32 Å². The van der Waals surface area contributed by atoms with E-state index in [1.807, 2.05) is 74.5 Å². The number of sulfonamides is 1. The van der Waals surface area contributed by atoms with Gasteiger partial charge in [0.1, 0.15) is 18.3 Å². The maximum Gasteiger partial charge on any atom is 0.264 e. The molecule has 0 aliphatic heterocycles. The zero-order valence-electron chi connectivity index (χ0n) is 28.5. The molecule has 10 nitrogen and oxygen atoms in total. The van der Waals surface area contributed by atoms with Gasteiger partial charge in [-0.2, -0.15) is 0 Å². The summed E-state index contributed by atoms with van der Waals surface area (Å²) in [6.45, 7) is 4.29. The fraction of sp³-hybridized carbons (Fsp3) is 0.316. The molecule has 0 bridgehead atoms. The van der Waals surface area contributed by atoms with Crippen LogP contribution in [0.2, 0.25) is 0 Å². The topological polar surface area (TPSA) is 114 Å². The van der Waals surface area contributed by atoms with E-state index in [0.717, 1.165) is 28.3 Å². The van der Waals surface area contributed by atoms with Crippen molar-refractivity contribution in [3.63, 3.8) is 0 Å². The number of amides is 2. The molecule has 2 amide bonds. The number of ether oxygens (including phenoxy) is 3. The molecule has 4 aromatic carbocycles. The van der Waals surface area contributed by atoms with Crippen molar-refractivity contribution in [2.45, 2.75) is 50.6 Å². The lowest BCUT2D eigenvalue weighted by Gasteiger charge is -2.34. The first-order valence-electron chi connectivity index (χ1n) is 16.3. The summed E-state index contributed by atoms with van der Waals surface area (Å²) < 4.78 is 46.3. The van der Waals surface area contributed by atoms with Crippen molar-refractivity contribution in [2.75, 3.05) is 38.2 Å². The normalized spacial score (nSPS) is 11.7. The number of nitrogens with zero attached hydrogens (tertiary/aromatic N) is 2. The zero-order valence-corrected chi connectivity index (χ0v) is 29.3. The Morgan fingerprint density at radius 1 is 0.796 bits per heavy atom. The Morgan fingerprint density at radius 3 is 2.02 bits per heavy atom. The monoisotopic (exact) mass is 687 g/mol. The summed E-state index contributed by atoms with van der Waals surface area (Å²) in [6.07, 6.45) is 1.91. The summed E-state index contributed by atoms with van der Waals surface area (Å²) in [5.74, 6) is 0.277. The first-order valence-corrected chi connectivity index (χ1v) is 17.8. The molecule has 49 heavy (non-hydrogen) atoms. The van der Waals surface area contributed by atoms with Crippen LogP contribution in [0.25, 0.3) is 0 Å². The van der Waals surface area contributed by atoms with Gasteiger partial charge in [-0.1, -0.05) is 74.0 Å². The van der Waals surface area contributed by atoms with E-state index >= 15 is 0 Å². The van der Waals surface area contributed by atoms with Crippen LogP contribution < -0.4 is 23.8 Å². The van der Waals surface area contributed by atoms with Crippen LogP contribution in [0.4, 0.5) is 5.69 Å². The maximum atomic E-state index is 14.6. The van der Waals surface area contributed by atoms with Gasteiger partial charge < -0.3 is 24.4 Å². The standard InChI is InChI=1S/C38H45N3O7S/c1-5-7-24-39-38(43)34(25-29-14-10-8-11-15-29)40(27-30-16-12-9-13-17-30)37(42)28-41(31-18-20-32(21-19-31)48-6-2)49(44,45)33-22-23-35(46-3)36(26-33)47-4/h8-23,26,34H,5-7,24-25,27-28H2,1-4H3,(H,39,43)/t34-/m0/s1. The number of carbonyl (C=O) groups excluding carboxylic acids is 2. The van der Waals surface area contributed by atoms with Crippen molar-refractivity contribution in [2.24, 2.45) is 0 Å². The van der Waals surface area contributed by atoms with Crippen LogP contribution in [0, 0.1) is 0 Å². The van der Waals surface area contributed by atoms with E-state index < -0.39 is 28.5 Å². The Kier molecular flexibility index (Phi) is 13.5. The third-order valence-corrected chi connectivity index (χ3v) is 9.72. The SMILES string of the molecule is CCCCNC(=O)[C@H](Cc1ccccc1)N(Cc1ccccc1)C(=O)CN(c1ccc(OCC)cc1)S(=O)(=O)c1ccc(OC)c(OC)c1. The van der Waals surface area contributed by atoms with Gasteiger partial charge in [-0.15, -0.1) is 0 Å². The number of hydrogen-bond acceptors (Lipinski definition) is 7. The molecule has 0 aromatic heterocycles. The largest absolute Gasteiger partial charge is 0.494 e. The summed E-state index contributed by atoms with van der Waals surface area (Å²) in [4.78, 5) is 29.9. The molecule has 0 unspecified atom stereocenters. The predicted molar refractivity (Wildman–Crippen MR) is 191 cm³/mol. The van der Waals surface area contributed by atoms with Gasteiger partial charge >= 0.3 is 0 Å². The van der Waals surface area contributed by atoms with Crippen LogP contribution >= 0.6 is 0 Å². The van der Waals surface area contributed by atoms with Crippen molar-refractivity contribution < 1.29 is 32.2 Å². The average molecular weight is 688 g/mol. The van der Waals surface area contributed by atoms with Gasteiger partial charge in [0.05, 0.1) is 31.4 Å². The third kappa shape index (κ3) is 9.76. The van der Waals surface area contributed by atoms with Crippen LogP contribution in [-0.2, 0) is 32.6 Å². The first-order chi connectivity index (χ1) is 23.7. The Bertz CT molecular complexity index is 1750. The molecular formula is C38H45N3O7S. The summed E-state index contributed by atoms with van der Waals surface area (Å²) in [7, 11) is -1.47. The molecule has 0 aliphatic carbocycles. The van der Waals surface area contributed by atoms with E-state index in [4.69, 9.17) is 14.2 Å². The molecule has 0 heterocycles. The van der Waals surface area contributed by atoms with Crippen molar-refractivity contribution in [1.82, 2.24) is 10.2 Å². The van der Waals surface area contributed by atoms with E-state index in [1.54, 1.807) is 24.3 Å².